The van der Waals surface area contributed by atoms with E-state index in [0.717, 1.165) is 0 Å². The van der Waals surface area contributed by atoms with Crippen LogP contribution in [0, 0.1) is 0 Å². The van der Waals surface area contributed by atoms with Gasteiger partial charge in [0, 0.05) is 18.6 Å². The van der Waals surface area contributed by atoms with Crippen LogP contribution in [0.1, 0.15) is 10.5 Å². The minimum Gasteiger partial charge on any atom is -0.464 e. The summed E-state index contributed by atoms with van der Waals surface area (Å²) in [4.78, 5) is 11.6. The van der Waals surface area contributed by atoms with E-state index in [0.29, 0.717) is 5.69 Å². The second-order valence-corrected chi connectivity index (χ2v) is 3.18. The van der Waals surface area contributed by atoms with Crippen LogP contribution >= 0.6 is 0 Å². The third kappa shape index (κ3) is 1.91. The van der Waals surface area contributed by atoms with Gasteiger partial charge in [0.05, 0.1) is 7.11 Å². The van der Waals surface area contributed by atoms with Crippen molar-refractivity contribution in [3.8, 4) is 0 Å². The maximum Gasteiger partial charge on any atom is 0.356 e. The third-order valence-corrected chi connectivity index (χ3v) is 2.18. The molecule has 0 aliphatic heterocycles. The molecule has 82 valence electrons. The van der Waals surface area contributed by atoms with Gasteiger partial charge in [-0.15, -0.1) is 0 Å². The highest BCUT2D eigenvalue weighted by Crippen LogP contribution is 2.00. The lowest BCUT2D eigenvalue weighted by Crippen LogP contribution is -2.12. The Bertz CT molecular complexity index is 553. The van der Waals surface area contributed by atoms with Gasteiger partial charge >= 0.3 is 5.97 Å². The molecule has 0 fully saturated rings. The van der Waals surface area contributed by atoms with Crippen molar-refractivity contribution in [3.05, 3.63) is 60.7 Å². The number of fused-ring (bicyclic) bond motifs is 1. The number of carbonyl (C=O) groups excluding carboxylic acids is 1. The zero-order valence-electron chi connectivity index (χ0n) is 8.91. The van der Waals surface area contributed by atoms with Crippen molar-refractivity contribution in [2.45, 2.75) is 0 Å². The summed E-state index contributed by atoms with van der Waals surface area (Å²) in [6.07, 6.45) is 5.51. The third-order valence-electron chi connectivity index (χ3n) is 2.18. The molecular weight excluding hydrogens is 204 g/mol. The lowest BCUT2D eigenvalue weighted by molar-refractivity contribution is 0.0589. The number of ether oxygens (including phenoxy) is 1. The van der Waals surface area contributed by atoms with Gasteiger partial charge in [-0.05, 0) is 24.3 Å². The van der Waals surface area contributed by atoms with E-state index in [1.807, 2.05) is 36.7 Å². The highest BCUT2D eigenvalue weighted by atomic mass is 16.5. The van der Waals surface area contributed by atoms with E-state index in [1.54, 1.807) is 27.4 Å². The number of hydrogen-bond donors (Lipinski definition) is 0. The highest BCUT2D eigenvalue weighted by molar-refractivity contribution is 5.87. The lowest BCUT2D eigenvalue weighted by atomic mass is 10.4. The largest absolute Gasteiger partial charge is 0.464 e. The normalized spacial score (nSPS) is 9.81. The summed E-state index contributed by atoms with van der Waals surface area (Å²) in [6, 6.07) is 11.1. The molecule has 2 aromatic rings. The molecule has 0 amide bonds. The maximum absolute atomic E-state index is 11.6. The van der Waals surface area contributed by atoms with Crippen molar-refractivity contribution < 1.29 is 9.53 Å². The average Bonchev–Trinajstić information content (AvgIpc) is 2.28. The number of carbonyl (C=O) groups is 1. The Morgan fingerprint density at radius 3 is 2.50 bits per heavy atom. The van der Waals surface area contributed by atoms with Crippen molar-refractivity contribution in [1.82, 2.24) is 9.03 Å². The number of rotatable bonds is 1. The number of methoxy groups -OCH3 is 1. The van der Waals surface area contributed by atoms with Gasteiger partial charge in [0.25, 0.3) is 0 Å². The molecule has 0 atom stereocenters. The van der Waals surface area contributed by atoms with E-state index in [9.17, 15) is 4.79 Å². The van der Waals surface area contributed by atoms with Crippen LogP contribution in [0.3, 0.4) is 0 Å². The van der Waals surface area contributed by atoms with E-state index in [-0.39, 0.29) is 5.97 Å². The van der Waals surface area contributed by atoms with Crippen LogP contribution in [0.4, 0.5) is 0 Å². The molecule has 0 spiro atoms. The molecule has 0 aromatic carbocycles. The molecule has 0 saturated carbocycles. The van der Waals surface area contributed by atoms with Crippen LogP contribution < -0.4 is 0 Å². The predicted octanol–water partition coefficient (Wildman–Crippen LogP) is 1.95. The van der Waals surface area contributed by atoms with Crippen LogP contribution in [0.25, 0.3) is 0 Å². The molecule has 4 nitrogen and oxygen atoms in total. The van der Waals surface area contributed by atoms with E-state index >= 15 is 0 Å². The Kier molecular flexibility index (Phi) is 2.91. The summed E-state index contributed by atoms with van der Waals surface area (Å²) >= 11 is 0. The monoisotopic (exact) mass is 216 g/mol. The Labute approximate surface area is 93.0 Å². The van der Waals surface area contributed by atoms with Gasteiger partial charge < -0.3 is 4.74 Å². The molecule has 0 radical (unpaired) electrons. The van der Waals surface area contributed by atoms with Gasteiger partial charge in [0.1, 0.15) is 5.69 Å². The molecule has 0 saturated heterocycles. The SMILES string of the molecule is COC(=O)c1cccn2ccccccn12. The summed E-state index contributed by atoms with van der Waals surface area (Å²) in [6.45, 7) is 0. The van der Waals surface area contributed by atoms with Crippen LogP contribution in [0.2, 0.25) is 0 Å². The van der Waals surface area contributed by atoms with Crippen LogP contribution in [0.15, 0.2) is 55.0 Å². The molecular formula is C12H12N2O2. The smallest absolute Gasteiger partial charge is 0.356 e. The summed E-state index contributed by atoms with van der Waals surface area (Å²) in [5, 5.41) is 0. The minimum absolute atomic E-state index is 0.364. The summed E-state index contributed by atoms with van der Waals surface area (Å²) in [5.41, 5.74) is 0.473. The zero-order chi connectivity index (χ0) is 11.4. The molecule has 2 heterocycles. The standard InChI is InChI=1S/C12H12N2O2/c1-16-12(15)11-7-6-9-13-8-4-2-3-5-10-14(11)13/h2-10H,1H3. The highest BCUT2D eigenvalue weighted by Gasteiger charge is 2.06. The van der Waals surface area contributed by atoms with Crippen LogP contribution in [-0.2, 0) is 4.74 Å². The Balaban J connectivity index is 2.77. The van der Waals surface area contributed by atoms with Crippen molar-refractivity contribution in [2.24, 2.45) is 0 Å². The molecule has 0 N–H and O–H groups in total. The summed E-state index contributed by atoms with van der Waals surface area (Å²) < 4.78 is 8.24. The average molecular weight is 216 g/mol. The van der Waals surface area contributed by atoms with Crippen molar-refractivity contribution >= 4 is 5.97 Å². The molecule has 16 heavy (non-hydrogen) atoms. The van der Waals surface area contributed by atoms with Crippen molar-refractivity contribution in [3.63, 3.8) is 0 Å². The number of aromatic nitrogens is 2. The van der Waals surface area contributed by atoms with Gasteiger partial charge in [0.15, 0.2) is 0 Å². The second-order valence-electron chi connectivity index (χ2n) is 3.18. The van der Waals surface area contributed by atoms with Crippen molar-refractivity contribution in [1.29, 1.82) is 0 Å². The van der Waals surface area contributed by atoms with E-state index in [2.05, 4.69) is 0 Å². The first-order valence-electron chi connectivity index (χ1n) is 4.89. The van der Waals surface area contributed by atoms with E-state index in [4.69, 9.17) is 4.74 Å². The van der Waals surface area contributed by atoms with Gasteiger partial charge in [-0.1, -0.05) is 12.1 Å². The van der Waals surface area contributed by atoms with E-state index in [1.165, 1.54) is 7.11 Å². The Hall–Kier alpha value is -2.23. The number of hydrogen-bond acceptors (Lipinski definition) is 2. The quantitative estimate of drug-likeness (QED) is 0.683. The fourth-order valence-corrected chi connectivity index (χ4v) is 1.44. The van der Waals surface area contributed by atoms with E-state index < -0.39 is 0 Å². The summed E-state index contributed by atoms with van der Waals surface area (Å²) in [7, 11) is 1.37. The fraction of sp³-hybridized carbons (Fsp3) is 0.0833. The molecule has 2 rings (SSSR count). The lowest BCUT2D eigenvalue weighted by Gasteiger charge is -2.07. The Morgan fingerprint density at radius 2 is 1.75 bits per heavy atom. The maximum atomic E-state index is 11.6. The van der Waals surface area contributed by atoms with Gasteiger partial charge in [-0.3, -0.25) is 9.03 Å². The first-order chi connectivity index (χ1) is 7.83. The molecule has 0 aliphatic carbocycles. The van der Waals surface area contributed by atoms with Crippen LogP contribution in [0.5, 0.6) is 0 Å². The molecule has 0 aliphatic rings. The fourth-order valence-electron chi connectivity index (χ4n) is 1.44. The minimum atomic E-state index is -0.364. The van der Waals surface area contributed by atoms with Crippen LogP contribution in [-0.4, -0.2) is 22.1 Å². The second kappa shape index (κ2) is 4.53. The number of nitrogens with zero attached hydrogens (tertiary/aromatic N) is 2. The predicted molar refractivity (Wildman–Crippen MR) is 59.8 cm³/mol. The van der Waals surface area contributed by atoms with Gasteiger partial charge in [0.2, 0.25) is 0 Å². The molecule has 4 heteroatoms. The first kappa shape index (κ1) is 10.3. The van der Waals surface area contributed by atoms with Crippen molar-refractivity contribution in [2.75, 3.05) is 7.11 Å². The molecule has 0 unspecified atom stereocenters. The topological polar surface area (TPSA) is 35.1 Å². The Morgan fingerprint density at radius 1 is 1.06 bits per heavy atom. The zero-order valence-corrected chi connectivity index (χ0v) is 8.91. The number of esters is 1. The molecule has 0 bridgehead atoms. The van der Waals surface area contributed by atoms with Gasteiger partial charge in [-0.2, -0.15) is 0 Å². The van der Waals surface area contributed by atoms with Gasteiger partial charge in [-0.25, -0.2) is 4.79 Å². The summed E-state index contributed by atoms with van der Waals surface area (Å²) in [5.74, 6) is -0.364. The molecule has 2 aromatic heterocycles. The first-order valence-corrected chi connectivity index (χ1v) is 4.89.